The maximum absolute atomic E-state index is 6.25. The van der Waals surface area contributed by atoms with Gasteiger partial charge in [0.2, 0.25) is 0 Å². The molecule has 1 unspecified atom stereocenters. The number of rotatable bonds is 7. The Hall–Kier alpha value is -1.80. The molecule has 0 aliphatic carbocycles. The Morgan fingerprint density at radius 3 is 2.52 bits per heavy atom. The second kappa shape index (κ2) is 7.84. The standard InChI is InChI=1S/C19H25NO/c1-4-13-20-14-18-12-8-9-15(2)19(18)21-16(3)17-10-6-5-7-11-17/h5-12,16,20H,4,13-14H2,1-3H3. The van der Waals surface area contributed by atoms with Gasteiger partial charge in [-0.1, -0.05) is 55.5 Å². The van der Waals surface area contributed by atoms with Crippen LogP contribution >= 0.6 is 0 Å². The van der Waals surface area contributed by atoms with E-state index in [4.69, 9.17) is 4.74 Å². The molecule has 0 aromatic heterocycles. The average molecular weight is 283 g/mol. The van der Waals surface area contributed by atoms with Gasteiger partial charge in [0.15, 0.2) is 0 Å². The molecule has 0 radical (unpaired) electrons. The minimum absolute atomic E-state index is 0.0530. The van der Waals surface area contributed by atoms with Crippen LogP contribution in [-0.2, 0) is 6.54 Å². The molecule has 2 aromatic rings. The molecule has 2 heteroatoms. The maximum atomic E-state index is 6.25. The van der Waals surface area contributed by atoms with Crippen molar-refractivity contribution in [1.82, 2.24) is 5.32 Å². The molecule has 0 aliphatic heterocycles. The molecule has 0 saturated carbocycles. The Morgan fingerprint density at radius 1 is 1.05 bits per heavy atom. The van der Waals surface area contributed by atoms with Crippen molar-refractivity contribution < 1.29 is 4.74 Å². The molecule has 21 heavy (non-hydrogen) atoms. The molecule has 2 aromatic carbocycles. The Labute approximate surface area is 128 Å². The summed E-state index contributed by atoms with van der Waals surface area (Å²) in [6.07, 6.45) is 1.19. The fraction of sp³-hybridized carbons (Fsp3) is 0.368. The van der Waals surface area contributed by atoms with E-state index in [2.05, 4.69) is 68.6 Å². The topological polar surface area (TPSA) is 21.3 Å². The van der Waals surface area contributed by atoms with Crippen molar-refractivity contribution in [2.75, 3.05) is 6.54 Å². The zero-order valence-electron chi connectivity index (χ0n) is 13.2. The second-order valence-electron chi connectivity index (χ2n) is 5.41. The lowest BCUT2D eigenvalue weighted by molar-refractivity contribution is 0.222. The first-order chi connectivity index (χ1) is 10.2. The van der Waals surface area contributed by atoms with Crippen LogP contribution in [0.1, 0.15) is 43.1 Å². The molecule has 1 atom stereocenters. The van der Waals surface area contributed by atoms with E-state index in [-0.39, 0.29) is 6.10 Å². The van der Waals surface area contributed by atoms with Gasteiger partial charge in [0.25, 0.3) is 0 Å². The summed E-state index contributed by atoms with van der Waals surface area (Å²) in [6, 6.07) is 16.7. The van der Waals surface area contributed by atoms with E-state index in [0.29, 0.717) is 0 Å². The number of ether oxygens (including phenoxy) is 1. The highest BCUT2D eigenvalue weighted by Gasteiger charge is 2.12. The predicted octanol–water partition coefficient (Wildman–Crippen LogP) is 4.63. The summed E-state index contributed by atoms with van der Waals surface area (Å²) in [4.78, 5) is 0. The molecule has 0 saturated heterocycles. The molecule has 0 aliphatic rings. The van der Waals surface area contributed by atoms with E-state index in [1.54, 1.807) is 0 Å². The summed E-state index contributed by atoms with van der Waals surface area (Å²) < 4.78 is 6.25. The van der Waals surface area contributed by atoms with Gasteiger partial charge in [-0.3, -0.25) is 0 Å². The Bertz CT molecular complexity index is 551. The Morgan fingerprint density at radius 2 is 1.81 bits per heavy atom. The molecule has 0 fully saturated rings. The van der Waals surface area contributed by atoms with Crippen molar-refractivity contribution in [3.05, 3.63) is 65.2 Å². The van der Waals surface area contributed by atoms with Crippen molar-refractivity contribution >= 4 is 0 Å². The number of para-hydroxylation sites is 1. The van der Waals surface area contributed by atoms with Crippen LogP contribution in [0.4, 0.5) is 0 Å². The van der Waals surface area contributed by atoms with Crippen LogP contribution in [0.25, 0.3) is 0 Å². The molecule has 0 spiro atoms. The van der Waals surface area contributed by atoms with Crippen LogP contribution in [0.2, 0.25) is 0 Å². The average Bonchev–Trinajstić information content (AvgIpc) is 2.51. The summed E-state index contributed by atoms with van der Waals surface area (Å²) in [6.45, 7) is 8.27. The van der Waals surface area contributed by atoms with Crippen LogP contribution in [0.3, 0.4) is 0 Å². The lowest BCUT2D eigenvalue weighted by Gasteiger charge is -2.20. The molecule has 0 heterocycles. The van der Waals surface area contributed by atoms with Crippen LogP contribution in [0.5, 0.6) is 5.75 Å². The minimum Gasteiger partial charge on any atom is -0.485 e. The first-order valence-electron chi connectivity index (χ1n) is 7.73. The summed E-state index contributed by atoms with van der Waals surface area (Å²) in [5, 5.41) is 3.45. The van der Waals surface area contributed by atoms with Gasteiger partial charge in [0.05, 0.1) is 0 Å². The number of nitrogens with one attached hydrogen (secondary N) is 1. The van der Waals surface area contributed by atoms with Gasteiger partial charge in [0.1, 0.15) is 11.9 Å². The van der Waals surface area contributed by atoms with Crippen LogP contribution in [0.15, 0.2) is 48.5 Å². The molecule has 0 amide bonds. The Kier molecular flexibility index (Phi) is 5.82. The first kappa shape index (κ1) is 15.6. The van der Waals surface area contributed by atoms with Gasteiger partial charge in [-0.05, 0) is 37.9 Å². The summed E-state index contributed by atoms with van der Waals surface area (Å²) in [5.41, 5.74) is 3.62. The zero-order valence-corrected chi connectivity index (χ0v) is 13.2. The second-order valence-corrected chi connectivity index (χ2v) is 5.41. The fourth-order valence-electron chi connectivity index (χ4n) is 2.39. The molecule has 1 N–H and O–H groups in total. The third-order valence-corrected chi connectivity index (χ3v) is 3.60. The van der Waals surface area contributed by atoms with E-state index in [1.165, 1.54) is 16.7 Å². The monoisotopic (exact) mass is 283 g/mol. The summed E-state index contributed by atoms with van der Waals surface area (Å²) in [5.74, 6) is 1.01. The van der Waals surface area contributed by atoms with Crippen molar-refractivity contribution in [1.29, 1.82) is 0 Å². The largest absolute Gasteiger partial charge is 0.485 e. The van der Waals surface area contributed by atoms with Crippen molar-refractivity contribution in [2.24, 2.45) is 0 Å². The Balaban J connectivity index is 2.14. The summed E-state index contributed by atoms with van der Waals surface area (Å²) in [7, 11) is 0. The van der Waals surface area contributed by atoms with Crippen LogP contribution in [-0.4, -0.2) is 6.54 Å². The molecule has 112 valence electrons. The van der Waals surface area contributed by atoms with Crippen molar-refractivity contribution in [3.63, 3.8) is 0 Å². The minimum atomic E-state index is 0.0530. The number of aryl methyl sites for hydroxylation is 1. The number of benzene rings is 2. The molecular formula is C19H25NO. The first-order valence-corrected chi connectivity index (χ1v) is 7.73. The van der Waals surface area contributed by atoms with E-state index < -0.39 is 0 Å². The normalized spacial score (nSPS) is 12.1. The summed E-state index contributed by atoms with van der Waals surface area (Å²) >= 11 is 0. The van der Waals surface area contributed by atoms with E-state index in [9.17, 15) is 0 Å². The van der Waals surface area contributed by atoms with E-state index in [0.717, 1.165) is 25.3 Å². The fourth-order valence-corrected chi connectivity index (χ4v) is 2.39. The van der Waals surface area contributed by atoms with E-state index >= 15 is 0 Å². The third kappa shape index (κ3) is 4.33. The van der Waals surface area contributed by atoms with Crippen molar-refractivity contribution in [2.45, 2.75) is 39.8 Å². The predicted molar refractivity (Wildman–Crippen MR) is 88.7 cm³/mol. The molecule has 2 rings (SSSR count). The highest BCUT2D eigenvalue weighted by atomic mass is 16.5. The van der Waals surface area contributed by atoms with Crippen molar-refractivity contribution in [3.8, 4) is 5.75 Å². The van der Waals surface area contributed by atoms with Crippen LogP contribution in [0, 0.1) is 6.92 Å². The quantitative estimate of drug-likeness (QED) is 0.748. The lowest BCUT2D eigenvalue weighted by atomic mass is 10.1. The van der Waals surface area contributed by atoms with E-state index in [1.807, 2.05) is 6.07 Å². The maximum Gasteiger partial charge on any atom is 0.127 e. The highest BCUT2D eigenvalue weighted by molar-refractivity contribution is 5.41. The molecule has 2 nitrogen and oxygen atoms in total. The van der Waals surface area contributed by atoms with Crippen LogP contribution < -0.4 is 10.1 Å². The smallest absolute Gasteiger partial charge is 0.127 e. The van der Waals surface area contributed by atoms with Gasteiger partial charge >= 0.3 is 0 Å². The van der Waals surface area contributed by atoms with Gasteiger partial charge < -0.3 is 10.1 Å². The lowest BCUT2D eigenvalue weighted by Crippen LogP contribution is -2.15. The number of hydrogen-bond acceptors (Lipinski definition) is 2. The van der Waals surface area contributed by atoms with Gasteiger partial charge in [-0.25, -0.2) is 0 Å². The number of hydrogen-bond donors (Lipinski definition) is 1. The van der Waals surface area contributed by atoms with Gasteiger partial charge in [0, 0.05) is 12.1 Å². The molecular weight excluding hydrogens is 258 g/mol. The van der Waals surface area contributed by atoms with Gasteiger partial charge in [-0.2, -0.15) is 0 Å². The third-order valence-electron chi connectivity index (χ3n) is 3.60. The highest BCUT2D eigenvalue weighted by Crippen LogP contribution is 2.28. The zero-order chi connectivity index (χ0) is 15.1. The molecule has 0 bridgehead atoms. The SMILES string of the molecule is CCCNCc1cccc(C)c1OC(C)c1ccccc1. The van der Waals surface area contributed by atoms with Gasteiger partial charge in [-0.15, -0.1) is 0 Å².